The lowest BCUT2D eigenvalue weighted by Crippen LogP contribution is -2.71. The summed E-state index contributed by atoms with van der Waals surface area (Å²) >= 11 is 1.39. The van der Waals surface area contributed by atoms with Crippen molar-refractivity contribution in [2.45, 2.75) is 49.0 Å². The van der Waals surface area contributed by atoms with Crippen LogP contribution >= 0.6 is 11.8 Å². The van der Waals surface area contributed by atoms with Gasteiger partial charge in [0, 0.05) is 4.75 Å². The number of nitrogens with one attached hydrogen (secondary N) is 1. The van der Waals surface area contributed by atoms with E-state index in [1.807, 2.05) is 0 Å². The minimum absolute atomic E-state index is 0.328. The summed E-state index contributed by atoms with van der Waals surface area (Å²) in [7, 11) is 0. The Morgan fingerprint density at radius 3 is 2.58 bits per heavy atom. The number of amides is 2. The topological polar surface area (TPSA) is 113 Å². The van der Waals surface area contributed by atoms with Crippen molar-refractivity contribution in [3.63, 3.8) is 0 Å². The number of carbonyl (C=O) groups is 3. The lowest BCUT2D eigenvalue weighted by molar-refractivity contribution is -0.161. The Balaban J connectivity index is 2.15. The molecule has 0 radical (unpaired) electrons. The van der Waals surface area contributed by atoms with Gasteiger partial charge in [-0.2, -0.15) is 0 Å². The highest BCUT2D eigenvalue weighted by atomic mass is 32.2. The lowest BCUT2D eigenvalue weighted by atomic mass is 9.96. The van der Waals surface area contributed by atoms with E-state index in [2.05, 4.69) is 5.32 Å². The number of rotatable bonds is 3. The SMILES string of the molecule is CC(N)C(=O)NC1C(=O)N2C1SC(C)(C)C2C(=O)O. The summed E-state index contributed by atoms with van der Waals surface area (Å²) in [6.45, 7) is 5.10. The van der Waals surface area contributed by atoms with Crippen molar-refractivity contribution in [1.82, 2.24) is 10.2 Å². The average Bonchev–Trinajstić information content (AvgIpc) is 2.54. The van der Waals surface area contributed by atoms with Crippen molar-refractivity contribution < 1.29 is 19.5 Å². The first-order chi connectivity index (χ1) is 8.66. The van der Waals surface area contributed by atoms with Crippen molar-refractivity contribution in [2.24, 2.45) is 5.73 Å². The summed E-state index contributed by atoms with van der Waals surface area (Å²) in [4.78, 5) is 36.1. The Morgan fingerprint density at radius 1 is 1.53 bits per heavy atom. The molecule has 8 heteroatoms. The van der Waals surface area contributed by atoms with Gasteiger partial charge in [-0.15, -0.1) is 11.8 Å². The molecular formula is C11H17N3O4S. The molecule has 0 aromatic carbocycles. The molecule has 0 aliphatic carbocycles. The zero-order valence-corrected chi connectivity index (χ0v) is 11.7. The molecule has 2 aliphatic heterocycles. The molecule has 4 unspecified atom stereocenters. The van der Waals surface area contributed by atoms with Crippen LogP contribution in [-0.2, 0) is 14.4 Å². The molecule has 4 N–H and O–H groups in total. The fourth-order valence-corrected chi connectivity index (χ4v) is 4.06. The first-order valence-electron chi connectivity index (χ1n) is 5.95. The number of hydrogen-bond donors (Lipinski definition) is 3. The first kappa shape index (κ1) is 14.1. The van der Waals surface area contributed by atoms with Gasteiger partial charge in [-0.1, -0.05) is 0 Å². The van der Waals surface area contributed by atoms with Crippen LogP contribution in [-0.4, -0.2) is 56.0 Å². The van der Waals surface area contributed by atoms with Crippen molar-refractivity contribution in [3.05, 3.63) is 0 Å². The third-order valence-electron chi connectivity index (χ3n) is 3.39. The Kier molecular flexibility index (Phi) is 3.26. The maximum atomic E-state index is 12.0. The molecule has 19 heavy (non-hydrogen) atoms. The molecule has 2 saturated heterocycles. The first-order valence-corrected chi connectivity index (χ1v) is 6.83. The Bertz CT molecular complexity index is 451. The zero-order chi connectivity index (χ0) is 14.5. The molecule has 106 valence electrons. The predicted molar refractivity (Wildman–Crippen MR) is 69.3 cm³/mol. The summed E-state index contributed by atoms with van der Waals surface area (Å²) < 4.78 is -0.583. The minimum atomic E-state index is -1.02. The summed E-state index contributed by atoms with van der Waals surface area (Å²) in [5.41, 5.74) is 5.44. The maximum Gasteiger partial charge on any atom is 0.327 e. The van der Waals surface area contributed by atoms with E-state index in [9.17, 15) is 19.5 Å². The second-order valence-electron chi connectivity index (χ2n) is 5.37. The number of thioether (sulfide) groups is 1. The normalized spacial score (nSPS) is 33.4. The molecular weight excluding hydrogens is 270 g/mol. The summed E-state index contributed by atoms with van der Waals surface area (Å²) in [5.74, 6) is -1.79. The van der Waals surface area contributed by atoms with E-state index in [0.29, 0.717) is 0 Å². The quantitative estimate of drug-likeness (QED) is 0.572. The molecule has 4 atom stereocenters. The standard InChI is InChI=1S/C11H17N3O4S/c1-4(12)7(15)13-5-8(16)14-6(10(17)18)11(2,3)19-9(5)14/h4-6,9H,12H2,1-3H3,(H,13,15)(H,17,18). The van der Waals surface area contributed by atoms with E-state index in [4.69, 9.17) is 5.73 Å². The molecule has 0 saturated carbocycles. The predicted octanol–water partition coefficient (Wildman–Crippen LogP) is -1.03. The minimum Gasteiger partial charge on any atom is -0.480 e. The molecule has 2 fully saturated rings. The molecule has 2 amide bonds. The number of carbonyl (C=O) groups excluding carboxylic acids is 2. The summed E-state index contributed by atoms with van der Waals surface area (Å²) in [6, 6.07) is -2.23. The highest BCUT2D eigenvalue weighted by Crippen LogP contribution is 2.50. The molecule has 0 bridgehead atoms. The van der Waals surface area contributed by atoms with Gasteiger partial charge in [-0.3, -0.25) is 9.59 Å². The van der Waals surface area contributed by atoms with Gasteiger partial charge in [0.1, 0.15) is 17.5 Å². The number of carboxylic acid groups (broad SMARTS) is 1. The van der Waals surface area contributed by atoms with Gasteiger partial charge in [0.15, 0.2) is 0 Å². The van der Waals surface area contributed by atoms with Crippen molar-refractivity contribution in [2.75, 3.05) is 0 Å². The number of aliphatic carboxylic acids is 1. The van der Waals surface area contributed by atoms with Crippen LogP contribution in [0, 0.1) is 0 Å². The van der Waals surface area contributed by atoms with Crippen molar-refractivity contribution in [3.8, 4) is 0 Å². The van der Waals surface area contributed by atoms with Crippen LogP contribution in [0.25, 0.3) is 0 Å². The number of fused-ring (bicyclic) bond motifs is 1. The molecule has 2 rings (SSSR count). The van der Waals surface area contributed by atoms with Crippen LogP contribution in [0.3, 0.4) is 0 Å². The molecule has 2 heterocycles. The average molecular weight is 287 g/mol. The summed E-state index contributed by atoms with van der Waals surface area (Å²) in [6.07, 6.45) is 0. The Hall–Kier alpha value is -1.28. The zero-order valence-electron chi connectivity index (χ0n) is 10.9. The second-order valence-corrected chi connectivity index (χ2v) is 7.14. The van der Waals surface area contributed by atoms with Crippen LogP contribution in [0.1, 0.15) is 20.8 Å². The largest absolute Gasteiger partial charge is 0.480 e. The van der Waals surface area contributed by atoms with Crippen LogP contribution in [0.2, 0.25) is 0 Å². The van der Waals surface area contributed by atoms with Gasteiger partial charge in [-0.25, -0.2) is 4.79 Å². The van der Waals surface area contributed by atoms with Crippen molar-refractivity contribution in [1.29, 1.82) is 0 Å². The molecule has 0 aromatic heterocycles. The van der Waals surface area contributed by atoms with E-state index in [1.54, 1.807) is 13.8 Å². The van der Waals surface area contributed by atoms with E-state index in [1.165, 1.54) is 23.6 Å². The number of hydrogen-bond acceptors (Lipinski definition) is 5. The molecule has 0 aromatic rings. The van der Waals surface area contributed by atoms with Crippen LogP contribution in [0.4, 0.5) is 0 Å². The van der Waals surface area contributed by atoms with Gasteiger partial charge in [0.25, 0.3) is 0 Å². The number of nitrogens with two attached hydrogens (primary N) is 1. The number of β-lactam (4-membered cyclic amide) rings is 1. The molecule has 7 nitrogen and oxygen atoms in total. The fourth-order valence-electron chi connectivity index (χ4n) is 2.43. The molecule has 0 spiro atoms. The second kappa shape index (κ2) is 4.38. The third-order valence-corrected chi connectivity index (χ3v) is 4.96. The van der Waals surface area contributed by atoms with Gasteiger partial charge in [-0.05, 0) is 20.8 Å². The smallest absolute Gasteiger partial charge is 0.327 e. The fraction of sp³-hybridized carbons (Fsp3) is 0.727. The highest BCUT2D eigenvalue weighted by Gasteiger charge is 2.64. The number of nitrogens with zero attached hydrogens (tertiary/aromatic N) is 1. The van der Waals surface area contributed by atoms with E-state index in [-0.39, 0.29) is 11.3 Å². The monoisotopic (exact) mass is 287 g/mol. The van der Waals surface area contributed by atoms with Gasteiger partial charge in [0.2, 0.25) is 11.8 Å². The maximum absolute atomic E-state index is 12.0. The summed E-state index contributed by atoms with van der Waals surface area (Å²) in [5, 5.41) is 11.5. The number of carboxylic acids is 1. The van der Waals surface area contributed by atoms with Gasteiger partial charge in [0.05, 0.1) is 6.04 Å². The van der Waals surface area contributed by atoms with E-state index in [0.717, 1.165) is 0 Å². The lowest BCUT2D eigenvalue weighted by Gasteiger charge is -2.43. The van der Waals surface area contributed by atoms with Crippen LogP contribution < -0.4 is 11.1 Å². The van der Waals surface area contributed by atoms with E-state index >= 15 is 0 Å². The Morgan fingerprint density at radius 2 is 2.11 bits per heavy atom. The Labute approximate surface area is 114 Å². The van der Waals surface area contributed by atoms with E-state index < -0.39 is 34.7 Å². The van der Waals surface area contributed by atoms with Crippen molar-refractivity contribution >= 4 is 29.5 Å². The van der Waals surface area contributed by atoms with Crippen LogP contribution in [0.15, 0.2) is 0 Å². The van der Waals surface area contributed by atoms with Gasteiger partial charge < -0.3 is 21.1 Å². The third kappa shape index (κ3) is 2.08. The molecule has 2 aliphatic rings. The highest BCUT2D eigenvalue weighted by molar-refractivity contribution is 8.01. The van der Waals surface area contributed by atoms with Gasteiger partial charge >= 0.3 is 5.97 Å². The van der Waals surface area contributed by atoms with Crippen LogP contribution in [0.5, 0.6) is 0 Å².